The maximum Gasteiger partial charge on any atom is 0.329 e. The van der Waals surface area contributed by atoms with Crippen LogP contribution in [0.3, 0.4) is 0 Å². The third-order valence-corrected chi connectivity index (χ3v) is 5.26. The number of hydrogen-bond acceptors (Lipinski definition) is 6. The quantitative estimate of drug-likeness (QED) is 0.137. The van der Waals surface area contributed by atoms with Crippen LogP contribution < -0.4 is 25.5 Å². The van der Waals surface area contributed by atoms with Crippen LogP contribution in [0.5, 0.6) is 11.5 Å². The molecule has 11 heteroatoms. The van der Waals surface area contributed by atoms with E-state index in [0.717, 1.165) is 4.47 Å². The average Bonchev–Trinajstić information content (AvgIpc) is 2.89. The van der Waals surface area contributed by atoms with Crippen molar-refractivity contribution in [1.29, 1.82) is 0 Å². The molecule has 0 fully saturated rings. The van der Waals surface area contributed by atoms with Gasteiger partial charge in [0.15, 0.2) is 6.61 Å². The molecule has 0 atom stereocenters. The number of anilines is 2. The SMILES string of the molecule is C=CCOc1ccc(NC(=O)C(=O)N/N=C\c2cc(Br)ccc2OCC(=O)Nc2ccc(Cl)cc2)cc1. The van der Waals surface area contributed by atoms with Crippen molar-refractivity contribution in [2.75, 3.05) is 23.8 Å². The summed E-state index contributed by atoms with van der Waals surface area (Å²) in [6.45, 7) is 3.66. The normalized spacial score (nSPS) is 10.4. The van der Waals surface area contributed by atoms with E-state index in [1.165, 1.54) is 6.21 Å². The molecular formula is C26H22BrClN4O5. The first kappa shape index (κ1) is 27.4. The highest BCUT2D eigenvalue weighted by molar-refractivity contribution is 9.10. The monoisotopic (exact) mass is 584 g/mol. The fourth-order valence-corrected chi connectivity index (χ4v) is 3.32. The van der Waals surface area contributed by atoms with Gasteiger partial charge in [-0.15, -0.1) is 0 Å². The van der Waals surface area contributed by atoms with Gasteiger partial charge in [0.05, 0.1) is 6.21 Å². The zero-order valence-corrected chi connectivity index (χ0v) is 21.7. The Morgan fingerprint density at radius 3 is 2.30 bits per heavy atom. The summed E-state index contributed by atoms with van der Waals surface area (Å²) < 4.78 is 11.7. The summed E-state index contributed by atoms with van der Waals surface area (Å²) in [4.78, 5) is 36.5. The molecule has 0 aliphatic rings. The number of benzene rings is 3. The van der Waals surface area contributed by atoms with Crippen LogP contribution in [0.15, 0.2) is 89.0 Å². The first-order valence-corrected chi connectivity index (χ1v) is 12.0. The molecule has 0 radical (unpaired) electrons. The topological polar surface area (TPSA) is 118 Å². The summed E-state index contributed by atoms with van der Waals surface area (Å²) >= 11 is 9.20. The van der Waals surface area contributed by atoms with E-state index in [9.17, 15) is 14.4 Å². The predicted molar refractivity (Wildman–Crippen MR) is 146 cm³/mol. The minimum Gasteiger partial charge on any atom is -0.490 e. The van der Waals surface area contributed by atoms with Crippen LogP contribution in [0.2, 0.25) is 5.02 Å². The standard InChI is InChI=1S/C26H22BrClN4O5/c1-2-13-36-22-10-8-21(9-11-22)31-25(34)26(35)32-29-15-17-14-18(27)3-12-23(17)37-16-24(33)30-20-6-4-19(28)5-7-20/h2-12,14-15H,1,13,16H2,(H,30,33)(H,31,34)(H,32,35)/b29-15-. The van der Waals surface area contributed by atoms with Crippen LogP contribution in [0.25, 0.3) is 0 Å². The summed E-state index contributed by atoms with van der Waals surface area (Å²) in [7, 11) is 0. The number of hydrazone groups is 1. The van der Waals surface area contributed by atoms with Crippen molar-refractivity contribution in [1.82, 2.24) is 5.43 Å². The Morgan fingerprint density at radius 1 is 0.919 bits per heavy atom. The van der Waals surface area contributed by atoms with E-state index in [0.29, 0.717) is 40.1 Å². The van der Waals surface area contributed by atoms with Crippen LogP contribution in [0, 0.1) is 0 Å². The lowest BCUT2D eigenvalue weighted by Crippen LogP contribution is -2.32. The molecule has 9 nitrogen and oxygen atoms in total. The van der Waals surface area contributed by atoms with Crippen LogP contribution in [-0.4, -0.2) is 37.1 Å². The molecule has 3 rings (SSSR count). The Balaban J connectivity index is 1.53. The molecule has 3 aromatic rings. The first-order valence-electron chi connectivity index (χ1n) is 10.8. The number of carbonyl (C=O) groups is 3. The van der Waals surface area contributed by atoms with E-state index < -0.39 is 11.8 Å². The number of halogens is 2. The third kappa shape index (κ3) is 9.10. The molecule has 0 aliphatic heterocycles. The lowest BCUT2D eigenvalue weighted by atomic mass is 10.2. The second kappa shape index (κ2) is 13.8. The zero-order chi connectivity index (χ0) is 26.6. The Bertz CT molecular complexity index is 1300. The minimum absolute atomic E-state index is 0.267. The maximum atomic E-state index is 12.2. The Hall–Kier alpha value is -4.15. The van der Waals surface area contributed by atoms with E-state index in [4.69, 9.17) is 21.1 Å². The molecule has 0 aliphatic carbocycles. The fourth-order valence-electron chi connectivity index (χ4n) is 2.81. The molecule has 3 aromatic carbocycles. The van der Waals surface area contributed by atoms with Crippen LogP contribution in [-0.2, 0) is 14.4 Å². The fraction of sp³-hybridized carbons (Fsp3) is 0.0769. The van der Waals surface area contributed by atoms with E-state index in [2.05, 4.69) is 43.7 Å². The molecule has 3 amide bonds. The number of ether oxygens (including phenoxy) is 2. The van der Waals surface area contributed by atoms with Gasteiger partial charge in [0.25, 0.3) is 5.91 Å². The smallest absolute Gasteiger partial charge is 0.329 e. The largest absolute Gasteiger partial charge is 0.490 e. The van der Waals surface area contributed by atoms with Gasteiger partial charge in [-0.1, -0.05) is 40.2 Å². The summed E-state index contributed by atoms with van der Waals surface area (Å²) in [5, 5.41) is 9.55. The van der Waals surface area contributed by atoms with Gasteiger partial charge in [0, 0.05) is 26.4 Å². The van der Waals surface area contributed by atoms with Gasteiger partial charge in [-0.2, -0.15) is 5.10 Å². The Kier molecular flexibility index (Phi) is 10.2. The molecule has 0 unspecified atom stereocenters. The maximum absolute atomic E-state index is 12.2. The van der Waals surface area contributed by atoms with Crippen LogP contribution in [0.4, 0.5) is 11.4 Å². The molecule has 0 spiro atoms. The minimum atomic E-state index is -0.969. The highest BCUT2D eigenvalue weighted by atomic mass is 79.9. The molecule has 3 N–H and O–H groups in total. The number of amides is 3. The van der Waals surface area contributed by atoms with Gasteiger partial charge in [-0.3, -0.25) is 14.4 Å². The molecule has 0 aromatic heterocycles. The lowest BCUT2D eigenvalue weighted by molar-refractivity contribution is -0.136. The second-order valence-corrected chi connectivity index (χ2v) is 8.66. The Morgan fingerprint density at radius 2 is 1.59 bits per heavy atom. The number of hydrogen-bond donors (Lipinski definition) is 3. The summed E-state index contributed by atoms with van der Waals surface area (Å²) in [5.74, 6) is -1.31. The van der Waals surface area contributed by atoms with Gasteiger partial charge in [0.2, 0.25) is 0 Å². The van der Waals surface area contributed by atoms with Gasteiger partial charge >= 0.3 is 11.8 Å². The summed E-state index contributed by atoms with van der Waals surface area (Å²) in [6.07, 6.45) is 2.91. The van der Waals surface area contributed by atoms with Crippen LogP contribution in [0.1, 0.15) is 5.56 Å². The number of rotatable bonds is 10. The number of carbonyl (C=O) groups excluding carboxylic acids is 3. The molecule has 0 saturated carbocycles. The number of nitrogens with one attached hydrogen (secondary N) is 3. The molecular weight excluding hydrogens is 564 g/mol. The van der Waals surface area contributed by atoms with Crippen molar-refractivity contribution in [3.8, 4) is 11.5 Å². The number of nitrogens with zero attached hydrogens (tertiary/aromatic N) is 1. The van der Waals surface area contributed by atoms with E-state index in [1.807, 2.05) is 0 Å². The first-order chi connectivity index (χ1) is 17.8. The van der Waals surface area contributed by atoms with Gasteiger partial charge in [0.1, 0.15) is 18.1 Å². The van der Waals surface area contributed by atoms with E-state index in [-0.39, 0.29) is 12.5 Å². The van der Waals surface area contributed by atoms with E-state index >= 15 is 0 Å². The molecule has 0 saturated heterocycles. The molecule has 37 heavy (non-hydrogen) atoms. The van der Waals surface area contributed by atoms with Gasteiger partial charge in [-0.25, -0.2) is 5.43 Å². The highest BCUT2D eigenvalue weighted by Gasteiger charge is 2.13. The predicted octanol–water partition coefficient (Wildman–Crippen LogP) is 4.77. The van der Waals surface area contributed by atoms with Crippen molar-refractivity contribution in [3.05, 3.63) is 94.4 Å². The molecule has 0 bridgehead atoms. The summed E-state index contributed by atoms with van der Waals surface area (Å²) in [6, 6.07) is 18.2. The van der Waals surface area contributed by atoms with Crippen molar-refractivity contribution in [3.63, 3.8) is 0 Å². The third-order valence-electron chi connectivity index (χ3n) is 4.51. The highest BCUT2D eigenvalue weighted by Crippen LogP contribution is 2.22. The van der Waals surface area contributed by atoms with Crippen molar-refractivity contribution in [2.45, 2.75) is 0 Å². The van der Waals surface area contributed by atoms with E-state index in [1.54, 1.807) is 72.8 Å². The van der Waals surface area contributed by atoms with Crippen molar-refractivity contribution >= 4 is 62.8 Å². The zero-order valence-electron chi connectivity index (χ0n) is 19.4. The lowest BCUT2D eigenvalue weighted by Gasteiger charge is -2.10. The molecule has 190 valence electrons. The second-order valence-electron chi connectivity index (χ2n) is 7.30. The average molecular weight is 586 g/mol. The van der Waals surface area contributed by atoms with Gasteiger partial charge in [-0.05, 0) is 66.7 Å². The van der Waals surface area contributed by atoms with Crippen LogP contribution >= 0.6 is 27.5 Å². The Labute approximate surface area is 226 Å². The van der Waals surface area contributed by atoms with Crippen molar-refractivity contribution in [2.24, 2.45) is 5.10 Å². The molecule has 0 heterocycles. The van der Waals surface area contributed by atoms with Gasteiger partial charge < -0.3 is 20.1 Å². The van der Waals surface area contributed by atoms with Crippen molar-refractivity contribution < 1.29 is 23.9 Å². The summed E-state index contributed by atoms with van der Waals surface area (Å²) in [5.41, 5.74) is 3.61.